The molecule has 0 aromatic rings. The molecule has 0 aliphatic carbocycles. The lowest BCUT2D eigenvalue weighted by atomic mass is 10.4. The van der Waals surface area contributed by atoms with Crippen molar-refractivity contribution in [3.8, 4) is 0 Å². The van der Waals surface area contributed by atoms with Gasteiger partial charge in [-0.25, -0.2) is 0 Å². The Morgan fingerprint density at radius 3 is 2.55 bits per heavy atom. The predicted octanol–water partition coefficient (Wildman–Crippen LogP) is 1.54. The summed E-state index contributed by atoms with van der Waals surface area (Å²) in [6.07, 6.45) is 0.114. The van der Waals surface area contributed by atoms with Crippen LogP contribution in [-0.4, -0.2) is 24.7 Å². The summed E-state index contributed by atoms with van der Waals surface area (Å²) in [5.41, 5.74) is -0.556. The van der Waals surface area contributed by atoms with Crippen molar-refractivity contribution in [1.29, 1.82) is 0 Å². The molecule has 0 saturated heterocycles. The van der Waals surface area contributed by atoms with E-state index in [0.29, 0.717) is 13.2 Å². The first-order chi connectivity index (χ1) is 5.20. The fourth-order valence-corrected chi connectivity index (χ4v) is 0.843. The number of ether oxygens (including phenoxy) is 2. The molecule has 66 valence electrons. The summed E-state index contributed by atoms with van der Waals surface area (Å²) in [4.78, 5) is 10.7. The third-order valence-electron chi connectivity index (χ3n) is 0.980. The second-order valence-electron chi connectivity index (χ2n) is 1.87. The van der Waals surface area contributed by atoms with Gasteiger partial charge in [0, 0.05) is 6.61 Å². The van der Waals surface area contributed by atoms with Gasteiger partial charge in [-0.15, -0.1) is 0 Å². The molecule has 0 spiro atoms. The quantitative estimate of drug-likeness (QED) is 0.476. The van der Waals surface area contributed by atoms with E-state index in [0.717, 1.165) is 0 Å². The summed E-state index contributed by atoms with van der Waals surface area (Å²) in [5, 5.41) is 0. The molecule has 3 nitrogen and oxygen atoms in total. The van der Waals surface area contributed by atoms with Gasteiger partial charge in [-0.05, 0) is 13.8 Å². The number of halogens is 1. The maximum atomic E-state index is 10.7. The van der Waals surface area contributed by atoms with E-state index in [2.05, 4.69) is 4.74 Å². The standard InChI is InChI=1S/C7H13ClO3/c1-3-10-6(8)5-7(9)11-4-2/h6H,3-5H2,1-2H3. The van der Waals surface area contributed by atoms with Crippen LogP contribution >= 0.6 is 11.6 Å². The first kappa shape index (κ1) is 10.7. The SMILES string of the molecule is CCOC(=O)CC(Cl)OCC. The Hall–Kier alpha value is -0.280. The molecule has 0 aliphatic rings. The zero-order valence-electron chi connectivity index (χ0n) is 6.80. The molecule has 11 heavy (non-hydrogen) atoms. The number of carbonyl (C=O) groups is 1. The lowest BCUT2D eigenvalue weighted by Crippen LogP contribution is -2.14. The van der Waals surface area contributed by atoms with Gasteiger partial charge >= 0.3 is 5.97 Å². The van der Waals surface area contributed by atoms with Crippen molar-refractivity contribution >= 4 is 17.6 Å². The number of hydrogen-bond donors (Lipinski definition) is 0. The van der Waals surface area contributed by atoms with E-state index in [9.17, 15) is 4.79 Å². The fraction of sp³-hybridized carbons (Fsp3) is 0.857. The zero-order valence-corrected chi connectivity index (χ0v) is 7.56. The van der Waals surface area contributed by atoms with Crippen LogP contribution in [0, 0.1) is 0 Å². The lowest BCUT2D eigenvalue weighted by molar-refractivity contribution is -0.144. The van der Waals surface area contributed by atoms with E-state index in [4.69, 9.17) is 16.3 Å². The molecule has 0 aliphatic heterocycles. The van der Waals surface area contributed by atoms with Crippen LogP contribution in [0.15, 0.2) is 0 Å². The first-order valence-electron chi connectivity index (χ1n) is 3.62. The van der Waals surface area contributed by atoms with Gasteiger partial charge in [-0.1, -0.05) is 11.6 Å². The number of rotatable bonds is 5. The summed E-state index contributed by atoms with van der Waals surface area (Å²) in [6, 6.07) is 0. The molecule has 0 amide bonds. The van der Waals surface area contributed by atoms with Crippen LogP contribution in [-0.2, 0) is 14.3 Å². The van der Waals surface area contributed by atoms with Crippen LogP contribution < -0.4 is 0 Å². The third kappa shape index (κ3) is 6.13. The summed E-state index contributed by atoms with van der Waals surface area (Å²) < 4.78 is 9.58. The number of hydrogen-bond acceptors (Lipinski definition) is 3. The molecular weight excluding hydrogens is 168 g/mol. The van der Waals surface area contributed by atoms with Crippen molar-refractivity contribution in [3.05, 3.63) is 0 Å². The number of esters is 1. The second kappa shape index (κ2) is 6.43. The van der Waals surface area contributed by atoms with Crippen LogP contribution in [0.5, 0.6) is 0 Å². The Labute approximate surface area is 71.6 Å². The van der Waals surface area contributed by atoms with Crippen molar-refractivity contribution in [3.63, 3.8) is 0 Å². The van der Waals surface area contributed by atoms with Crippen LogP contribution in [0.3, 0.4) is 0 Å². The molecule has 0 rings (SSSR count). The predicted molar refractivity (Wildman–Crippen MR) is 42.5 cm³/mol. The van der Waals surface area contributed by atoms with Gasteiger partial charge in [-0.3, -0.25) is 4.79 Å². The largest absolute Gasteiger partial charge is 0.466 e. The van der Waals surface area contributed by atoms with Gasteiger partial charge in [0.1, 0.15) is 5.56 Å². The molecule has 0 aromatic heterocycles. The molecule has 0 radical (unpaired) electrons. The highest BCUT2D eigenvalue weighted by Crippen LogP contribution is 2.04. The highest BCUT2D eigenvalue weighted by atomic mass is 35.5. The average Bonchev–Trinajstić information content (AvgIpc) is 1.87. The van der Waals surface area contributed by atoms with Gasteiger partial charge < -0.3 is 9.47 Å². The maximum absolute atomic E-state index is 10.7. The summed E-state index contributed by atoms with van der Waals surface area (Å²) in [7, 11) is 0. The van der Waals surface area contributed by atoms with Crippen molar-refractivity contribution in [2.24, 2.45) is 0 Å². The molecule has 0 aromatic carbocycles. The van der Waals surface area contributed by atoms with Crippen molar-refractivity contribution < 1.29 is 14.3 Å². The zero-order chi connectivity index (χ0) is 8.69. The molecule has 0 bridgehead atoms. The summed E-state index contributed by atoms with van der Waals surface area (Å²) in [6.45, 7) is 4.46. The fourth-order valence-electron chi connectivity index (χ4n) is 0.591. The van der Waals surface area contributed by atoms with E-state index in [1.165, 1.54) is 0 Å². The van der Waals surface area contributed by atoms with Crippen molar-refractivity contribution in [1.82, 2.24) is 0 Å². The molecule has 0 heterocycles. The Kier molecular flexibility index (Phi) is 6.27. The normalized spacial score (nSPS) is 12.6. The molecule has 1 atom stereocenters. The Balaban J connectivity index is 3.40. The molecular formula is C7H13ClO3. The Morgan fingerprint density at radius 1 is 1.45 bits per heavy atom. The van der Waals surface area contributed by atoms with E-state index in [-0.39, 0.29) is 12.4 Å². The van der Waals surface area contributed by atoms with Crippen molar-refractivity contribution in [2.45, 2.75) is 25.8 Å². The lowest BCUT2D eigenvalue weighted by Gasteiger charge is -2.07. The van der Waals surface area contributed by atoms with Gasteiger partial charge in [-0.2, -0.15) is 0 Å². The second-order valence-corrected chi connectivity index (χ2v) is 2.36. The van der Waals surface area contributed by atoms with Gasteiger partial charge in [0.15, 0.2) is 0 Å². The van der Waals surface area contributed by atoms with Crippen LogP contribution in [0.1, 0.15) is 20.3 Å². The smallest absolute Gasteiger partial charge is 0.309 e. The van der Waals surface area contributed by atoms with E-state index in [1.54, 1.807) is 6.92 Å². The Bertz CT molecular complexity index is 116. The van der Waals surface area contributed by atoms with Crippen molar-refractivity contribution in [2.75, 3.05) is 13.2 Å². The minimum atomic E-state index is -0.556. The monoisotopic (exact) mass is 180 g/mol. The minimum Gasteiger partial charge on any atom is -0.466 e. The van der Waals surface area contributed by atoms with Crippen LogP contribution in [0.4, 0.5) is 0 Å². The first-order valence-corrected chi connectivity index (χ1v) is 4.05. The van der Waals surface area contributed by atoms with E-state index < -0.39 is 5.56 Å². The molecule has 4 heteroatoms. The molecule has 0 saturated carbocycles. The Morgan fingerprint density at radius 2 is 2.09 bits per heavy atom. The van der Waals surface area contributed by atoms with Gasteiger partial charge in [0.2, 0.25) is 0 Å². The molecule has 0 N–H and O–H groups in total. The third-order valence-corrected chi connectivity index (χ3v) is 1.26. The number of carbonyl (C=O) groups excluding carboxylic acids is 1. The van der Waals surface area contributed by atoms with Crippen LogP contribution in [0.25, 0.3) is 0 Å². The molecule has 1 unspecified atom stereocenters. The summed E-state index contributed by atoms with van der Waals surface area (Å²) in [5.74, 6) is -0.319. The maximum Gasteiger partial charge on any atom is 0.309 e. The number of alkyl halides is 1. The van der Waals surface area contributed by atoms with Crippen LogP contribution in [0.2, 0.25) is 0 Å². The minimum absolute atomic E-state index is 0.114. The van der Waals surface area contributed by atoms with E-state index in [1.807, 2.05) is 6.92 Å². The summed E-state index contributed by atoms with van der Waals surface area (Å²) >= 11 is 5.59. The average molecular weight is 181 g/mol. The highest BCUT2D eigenvalue weighted by Gasteiger charge is 2.10. The highest BCUT2D eigenvalue weighted by molar-refractivity contribution is 6.20. The topological polar surface area (TPSA) is 35.5 Å². The van der Waals surface area contributed by atoms with Gasteiger partial charge in [0.05, 0.1) is 13.0 Å². The molecule has 0 fully saturated rings. The van der Waals surface area contributed by atoms with E-state index >= 15 is 0 Å². The van der Waals surface area contributed by atoms with Gasteiger partial charge in [0.25, 0.3) is 0 Å².